The van der Waals surface area contributed by atoms with E-state index in [1.165, 1.54) is 11.3 Å². The quantitative estimate of drug-likeness (QED) is 0.509. The Morgan fingerprint density at radius 2 is 1.89 bits per heavy atom. The lowest BCUT2D eigenvalue weighted by Crippen LogP contribution is -2.20. The first-order chi connectivity index (χ1) is 13.5. The van der Waals surface area contributed by atoms with Crippen molar-refractivity contribution in [1.29, 1.82) is 0 Å². The van der Waals surface area contributed by atoms with Crippen molar-refractivity contribution in [3.8, 4) is 11.5 Å². The van der Waals surface area contributed by atoms with Crippen molar-refractivity contribution in [3.63, 3.8) is 0 Å². The van der Waals surface area contributed by atoms with Gasteiger partial charge in [0.05, 0.1) is 6.61 Å². The number of ether oxygens (including phenoxy) is 2. The van der Waals surface area contributed by atoms with Gasteiger partial charge >= 0.3 is 0 Å². The van der Waals surface area contributed by atoms with E-state index in [0.717, 1.165) is 10.4 Å². The van der Waals surface area contributed by atoms with E-state index in [0.29, 0.717) is 39.7 Å². The van der Waals surface area contributed by atoms with Gasteiger partial charge in [0.25, 0.3) is 5.91 Å². The molecule has 0 saturated heterocycles. The Balaban J connectivity index is 1.55. The Hall–Kier alpha value is -2.28. The highest BCUT2D eigenvalue weighted by Crippen LogP contribution is 2.28. The Morgan fingerprint density at radius 3 is 2.61 bits per heavy atom. The number of benzene rings is 2. The molecule has 0 saturated carbocycles. The maximum atomic E-state index is 12.2. The van der Waals surface area contributed by atoms with E-state index in [2.05, 4.69) is 10.3 Å². The molecule has 28 heavy (non-hydrogen) atoms. The van der Waals surface area contributed by atoms with E-state index < -0.39 is 0 Å². The SMILES string of the molecule is CCOc1ccccc1OCC(=O)Nc1ncc(Cc2ccc(Cl)cc2Cl)s1. The van der Waals surface area contributed by atoms with Crippen LogP contribution in [0.3, 0.4) is 0 Å². The molecule has 2 aromatic carbocycles. The second-order valence-corrected chi connectivity index (χ2v) is 7.72. The second-order valence-electron chi connectivity index (χ2n) is 5.76. The summed E-state index contributed by atoms with van der Waals surface area (Å²) in [6, 6.07) is 12.6. The fourth-order valence-electron chi connectivity index (χ4n) is 2.44. The van der Waals surface area contributed by atoms with Crippen LogP contribution in [0, 0.1) is 0 Å². The zero-order chi connectivity index (χ0) is 19.9. The summed E-state index contributed by atoms with van der Waals surface area (Å²) in [5.74, 6) is 0.836. The van der Waals surface area contributed by atoms with Crippen molar-refractivity contribution in [2.45, 2.75) is 13.3 Å². The van der Waals surface area contributed by atoms with Crippen LogP contribution >= 0.6 is 34.5 Å². The number of hydrogen-bond acceptors (Lipinski definition) is 5. The van der Waals surface area contributed by atoms with Crippen molar-refractivity contribution in [2.75, 3.05) is 18.5 Å². The first-order valence-electron chi connectivity index (χ1n) is 8.58. The highest BCUT2D eigenvalue weighted by atomic mass is 35.5. The molecule has 5 nitrogen and oxygen atoms in total. The smallest absolute Gasteiger partial charge is 0.264 e. The van der Waals surface area contributed by atoms with E-state index in [1.54, 1.807) is 30.5 Å². The molecular formula is C20H18Cl2N2O3S. The molecule has 1 heterocycles. The lowest BCUT2D eigenvalue weighted by Gasteiger charge is -2.10. The van der Waals surface area contributed by atoms with E-state index in [9.17, 15) is 4.79 Å². The zero-order valence-corrected chi connectivity index (χ0v) is 17.4. The summed E-state index contributed by atoms with van der Waals surface area (Å²) < 4.78 is 11.0. The molecule has 0 spiro atoms. The Bertz CT molecular complexity index is 962. The van der Waals surface area contributed by atoms with Gasteiger partial charge < -0.3 is 9.47 Å². The van der Waals surface area contributed by atoms with Crippen molar-refractivity contribution in [3.05, 3.63) is 69.1 Å². The minimum absolute atomic E-state index is 0.137. The van der Waals surface area contributed by atoms with Gasteiger partial charge in [-0.05, 0) is 36.8 Å². The molecule has 0 fully saturated rings. The summed E-state index contributed by atoms with van der Waals surface area (Å²) in [5, 5.41) is 4.45. The van der Waals surface area contributed by atoms with Gasteiger partial charge in [-0.25, -0.2) is 4.98 Å². The number of aromatic nitrogens is 1. The molecule has 1 aromatic heterocycles. The number of thiazole rings is 1. The molecule has 3 rings (SSSR count). The van der Waals surface area contributed by atoms with E-state index in [-0.39, 0.29) is 12.5 Å². The van der Waals surface area contributed by atoms with Gasteiger partial charge in [0.1, 0.15) is 0 Å². The third-order valence-electron chi connectivity index (χ3n) is 3.69. The van der Waals surface area contributed by atoms with Crippen LogP contribution in [-0.2, 0) is 11.2 Å². The number of nitrogens with one attached hydrogen (secondary N) is 1. The average Bonchev–Trinajstić information content (AvgIpc) is 3.10. The van der Waals surface area contributed by atoms with E-state index >= 15 is 0 Å². The zero-order valence-electron chi connectivity index (χ0n) is 15.1. The van der Waals surface area contributed by atoms with Crippen LogP contribution < -0.4 is 14.8 Å². The Kier molecular flexibility index (Phi) is 7.14. The van der Waals surface area contributed by atoms with Gasteiger partial charge in [-0.1, -0.05) is 41.4 Å². The third-order valence-corrected chi connectivity index (χ3v) is 5.19. The Morgan fingerprint density at radius 1 is 1.14 bits per heavy atom. The van der Waals surface area contributed by atoms with Crippen LogP contribution in [0.15, 0.2) is 48.7 Å². The molecule has 0 aliphatic rings. The molecule has 0 bridgehead atoms. The normalized spacial score (nSPS) is 10.5. The van der Waals surface area contributed by atoms with Crippen LogP contribution in [0.25, 0.3) is 0 Å². The largest absolute Gasteiger partial charge is 0.490 e. The molecule has 1 N–H and O–H groups in total. The van der Waals surface area contributed by atoms with Gasteiger partial charge in [-0.2, -0.15) is 0 Å². The average molecular weight is 437 g/mol. The number of anilines is 1. The number of rotatable bonds is 8. The number of carbonyl (C=O) groups excluding carboxylic acids is 1. The monoisotopic (exact) mass is 436 g/mol. The number of para-hydroxylation sites is 2. The fraction of sp³-hybridized carbons (Fsp3) is 0.200. The molecule has 0 unspecified atom stereocenters. The number of hydrogen-bond donors (Lipinski definition) is 1. The Labute approximate surface area is 177 Å². The van der Waals surface area contributed by atoms with Gasteiger partial charge in [0, 0.05) is 27.5 Å². The maximum absolute atomic E-state index is 12.2. The predicted octanol–water partition coefficient (Wildman–Crippen LogP) is 5.46. The summed E-state index contributed by atoms with van der Waals surface area (Å²) in [7, 11) is 0. The van der Waals surface area contributed by atoms with Crippen molar-refractivity contribution >= 4 is 45.6 Å². The van der Waals surface area contributed by atoms with Gasteiger partial charge in [-0.15, -0.1) is 11.3 Å². The van der Waals surface area contributed by atoms with Gasteiger partial charge in [-0.3, -0.25) is 10.1 Å². The number of halogens is 2. The number of nitrogens with zero attached hydrogens (tertiary/aromatic N) is 1. The lowest BCUT2D eigenvalue weighted by molar-refractivity contribution is -0.118. The summed E-state index contributed by atoms with van der Waals surface area (Å²) in [6.07, 6.45) is 2.33. The second kappa shape index (κ2) is 9.78. The summed E-state index contributed by atoms with van der Waals surface area (Å²) in [5.41, 5.74) is 0.948. The molecule has 8 heteroatoms. The molecule has 0 aliphatic heterocycles. The molecule has 146 valence electrons. The number of carbonyl (C=O) groups is 1. The minimum Gasteiger partial charge on any atom is -0.490 e. The summed E-state index contributed by atoms with van der Waals surface area (Å²) >= 11 is 13.5. The summed E-state index contributed by atoms with van der Waals surface area (Å²) in [4.78, 5) is 17.4. The van der Waals surface area contributed by atoms with E-state index in [4.69, 9.17) is 32.7 Å². The first kappa shape index (κ1) is 20.5. The van der Waals surface area contributed by atoms with Crippen LogP contribution in [0.5, 0.6) is 11.5 Å². The standard InChI is InChI=1S/C20H18Cl2N2O3S/c1-2-26-17-5-3-4-6-18(17)27-12-19(25)24-20-23-11-15(28-20)9-13-7-8-14(21)10-16(13)22/h3-8,10-11H,2,9,12H2,1H3,(H,23,24,25). The lowest BCUT2D eigenvalue weighted by atomic mass is 10.1. The van der Waals surface area contributed by atoms with Gasteiger partial charge in [0.2, 0.25) is 0 Å². The van der Waals surface area contributed by atoms with Crippen molar-refractivity contribution in [1.82, 2.24) is 4.98 Å². The molecule has 0 aliphatic carbocycles. The fourth-order valence-corrected chi connectivity index (χ4v) is 3.77. The predicted molar refractivity (Wildman–Crippen MR) is 113 cm³/mol. The van der Waals surface area contributed by atoms with E-state index in [1.807, 2.05) is 25.1 Å². The molecular weight excluding hydrogens is 419 g/mol. The van der Waals surface area contributed by atoms with Crippen molar-refractivity contribution in [2.24, 2.45) is 0 Å². The number of amides is 1. The molecule has 0 radical (unpaired) electrons. The van der Waals surface area contributed by atoms with Crippen LogP contribution in [-0.4, -0.2) is 24.1 Å². The molecule has 3 aromatic rings. The first-order valence-corrected chi connectivity index (χ1v) is 10.2. The van der Waals surface area contributed by atoms with Crippen LogP contribution in [0.4, 0.5) is 5.13 Å². The minimum atomic E-state index is -0.295. The summed E-state index contributed by atoms with van der Waals surface area (Å²) in [6.45, 7) is 2.27. The van der Waals surface area contributed by atoms with Crippen molar-refractivity contribution < 1.29 is 14.3 Å². The van der Waals surface area contributed by atoms with Crippen LogP contribution in [0.1, 0.15) is 17.4 Å². The molecule has 0 atom stereocenters. The van der Waals surface area contributed by atoms with Crippen LogP contribution in [0.2, 0.25) is 10.0 Å². The van der Waals surface area contributed by atoms with Gasteiger partial charge in [0.15, 0.2) is 23.2 Å². The maximum Gasteiger partial charge on any atom is 0.264 e. The molecule has 1 amide bonds. The topological polar surface area (TPSA) is 60.5 Å². The highest BCUT2D eigenvalue weighted by molar-refractivity contribution is 7.15. The third kappa shape index (κ3) is 5.61. The highest BCUT2D eigenvalue weighted by Gasteiger charge is 2.11.